The van der Waals surface area contributed by atoms with Gasteiger partial charge in [-0.25, -0.2) is 4.79 Å². The van der Waals surface area contributed by atoms with Gasteiger partial charge in [-0.05, 0) is 146 Å². The Morgan fingerprint density at radius 3 is 2.40 bits per heavy atom. The average molecular weight is 615 g/mol. The number of rotatable bonds is 8. The van der Waals surface area contributed by atoms with Gasteiger partial charge in [-0.3, -0.25) is 9.79 Å². The van der Waals surface area contributed by atoms with Crippen LogP contribution in [0.15, 0.2) is 53.5 Å². The number of carboxylic acids is 1. The summed E-state index contributed by atoms with van der Waals surface area (Å²) in [4.78, 5) is 28.4. The number of fused-ring (bicyclic) bond motifs is 5. The monoisotopic (exact) mass is 614 g/mol. The standard InChI is InChI=1S/C38H50N2O5/c1-23(4-17-35(43)40-28-12-10-27(11-13-28)39-22-24-5-7-25(8-6-24)36(44)45)31-15-16-32-30-14-9-26-20-29(41)18-19-37(26,2)33(30)21-34(42)38(31,32)3/h5-8,10-13,22-23,26,29-34,41-42H,4,9,14-21H2,1-3H3,(H,40,43)(H,44,45)/t23-,26-,29-,30+,31-,32+,33+,34+,37+,38-/m1/s1. The number of nitrogens with zero attached hydrogens (tertiary/aromatic N) is 1. The highest BCUT2D eigenvalue weighted by molar-refractivity contribution is 5.91. The lowest BCUT2D eigenvalue weighted by molar-refractivity contribution is -0.174. The number of aliphatic hydroxyl groups is 2. The van der Waals surface area contributed by atoms with E-state index in [-0.39, 0.29) is 34.5 Å². The first-order valence-electron chi connectivity index (χ1n) is 17.1. The molecule has 0 radical (unpaired) electrons. The fourth-order valence-corrected chi connectivity index (χ4v) is 10.4. The van der Waals surface area contributed by atoms with Gasteiger partial charge in [0.25, 0.3) is 0 Å². The van der Waals surface area contributed by atoms with Gasteiger partial charge in [0, 0.05) is 18.3 Å². The molecule has 45 heavy (non-hydrogen) atoms. The molecule has 0 saturated heterocycles. The molecule has 6 rings (SSSR count). The van der Waals surface area contributed by atoms with Crippen LogP contribution in [0.25, 0.3) is 0 Å². The molecule has 4 fully saturated rings. The zero-order chi connectivity index (χ0) is 31.9. The minimum Gasteiger partial charge on any atom is -0.478 e. The summed E-state index contributed by atoms with van der Waals surface area (Å²) in [6.45, 7) is 7.11. The molecule has 7 heteroatoms. The lowest BCUT2D eigenvalue weighted by atomic mass is 9.43. The topological polar surface area (TPSA) is 119 Å². The first-order chi connectivity index (χ1) is 21.5. The van der Waals surface area contributed by atoms with Crippen LogP contribution in [-0.2, 0) is 4.79 Å². The van der Waals surface area contributed by atoms with Crippen molar-refractivity contribution in [1.82, 2.24) is 0 Å². The van der Waals surface area contributed by atoms with Gasteiger partial charge < -0.3 is 20.6 Å². The first-order valence-corrected chi connectivity index (χ1v) is 17.1. The number of aliphatic imine (C=N–C) groups is 1. The number of amides is 1. The van der Waals surface area contributed by atoms with E-state index < -0.39 is 5.97 Å². The number of benzene rings is 2. The Kier molecular flexibility index (Phi) is 8.97. The zero-order valence-corrected chi connectivity index (χ0v) is 27.0. The van der Waals surface area contributed by atoms with Crippen LogP contribution in [0.3, 0.4) is 0 Å². The van der Waals surface area contributed by atoms with Gasteiger partial charge in [-0.1, -0.05) is 32.9 Å². The first kappa shape index (κ1) is 31.9. The lowest BCUT2D eigenvalue weighted by Crippen LogP contribution is -2.58. The molecule has 2 aromatic carbocycles. The summed E-state index contributed by atoms with van der Waals surface area (Å²) in [7, 11) is 0. The molecular weight excluding hydrogens is 564 g/mol. The largest absolute Gasteiger partial charge is 0.478 e. The number of anilines is 1. The normalized spacial score (nSPS) is 36.5. The molecular formula is C38H50N2O5. The van der Waals surface area contributed by atoms with Crippen molar-refractivity contribution >= 4 is 29.5 Å². The number of hydrogen-bond donors (Lipinski definition) is 4. The van der Waals surface area contributed by atoms with E-state index in [4.69, 9.17) is 5.11 Å². The van der Waals surface area contributed by atoms with E-state index in [2.05, 4.69) is 31.1 Å². The van der Waals surface area contributed by atoms with E-state index in [0.717, 1.165) is 55.5 Å². The molecule has 242 valence electrons. The van der Waals surface area contributed by atoms with Crippen molar-refractivity contribution in [3.05, 3.63) is 59.7 Å². The summed E-state index contributed by atoms with van der Waals surface area (Å²) in [6, 6.07) is 13.9. The SMILES string of the molecule is C[C@H](CCC(=O)Nc1ccc(N=Cc2ccc(C(=O)O)cc2)cc1)[C@H]1CC[C@H]2[C@@H]3CC[C@@H]4C[C@H](O)CC[C@]4(C)[C@H]3C[C@H](O)[C@]12C. The third kappa shape index (κ3) is 6.10. The highest BCUT2D eigenvalue weighted by atomic mass is 16.4. The fraction of sp³-hybridized carbons (Fsp3) is 0.605. The van der Waals surface area contributed by atoms with Crippen LogP contribution < -0.4 is 5.32 Å². The molecule has 0 unspecified atom stereocenters. The number of hydrogen-bond acceptors (Lipinski definition) is 5. The molecule has 0 aromatic heterocycles. The van der Waals surface area contributed by atoms with E-state index in [1.807, 2.05) is 24.3 Å². The van der Waals surface area contributed by atoms with Crippen LogP contribution in [-0.4, -0.2) is 45.6 Å². The maximum Gasteiger partial charge on any atom is 0.335 e. The van der Waals surface area contributed by atoms with Crippen molar-refractivity contribution in [3.8, 4) is 0 Å². The molecule has 2 aromatic rings. The number of aromatic carboxylic acids is 1. The molecule has 10 atom stereocenters. The van der Waals surface area contributed by atoms with Gasteiger partial charge in [0.15, 0.2) is 0 Å². The van der Waals surface area contributed by atoms with Crippen LogP contribution >= 0.6 is 0 Å². The van der Waals surface area contributed by atoms with E-state index in [1.165, 1.54) is 19.3 Å². The number of aliphatic hydroxyl groups excluding tert-OH is 2. The highest BCUT2D eigenvalue weighted by Gasteiger charge is 2.63. The molecule has 0 bridgehead atoms. The second kappa shape index (κ2) is 12.6. The summed E-state index contributed by atoms with van der Waals surface area (Å²) >= 11 is 0. The number of carbonyl (C=O) groups excluding carboxylic acids is 1. The Bertz CT molecular complexity index is 1410. The van der Waals surface area contributed by atoms with Crippen molar-refractivity contribution in [2.45, 2.75) is 97.2 Å². The second-order valence-corrected chi connectivity index (χ2v) is 15.2. The lowest BCUT2D eigenvalue weighted by Gasteiger charge is -2.62. The van der Waals surface area contributed by atoms with Crippen LogP contribution in [0.1, 0.15) is 101 Å². The van der Waals surface area contributed by atoms with Crippen LogP contribution in [0.4, 0.5) is 11.4 Å². The molecule has 0 aliphatic heterocycles. The van der Waals surface area contributed by atoms with E-state index in [1.54, 1.807) is 30.5 Å². The molecule has 4 N–H and O–H groups in total. The fourth-order valence-electron chi connectivity index (χ4n) is 10.4. The maximum atomic E-state index is 13.0. The summed E-state index contributed by atoms with van der Waals surface area (Å²) in [5, 5.41) is 34.3. The Morgan fingerprint density at radius 1 is 0.956 bits per heavy atom. The quantitative estimate of drug-likeness (QED) is 0.230. The van der Waals surface area contributed by atoms with Crippen molar-refractivity contribution in [1.29, 1.82) is 0 Å². The molecule has 4 aliphatic carbocycles. The molecule has 4 aliphatic rings. The molecule has 0 heterocycles. The van der Waals surface area contributed by atoms with Crippen LogP contribution in [0, 0.1) is 46.3 Å². The number of carboxylic acid groups (broad SMARTS) is 1. The Morgan fingerprint density at radius 2 is 1.69 bits per heavy atom. The summed E-state index contributed by atoms with van der Waals surface area (Å²) in [5.41, 5.74) is 2.67. The van der Waals surface area contributed by atoms with Crippen LogP contribution in [0.5, 0.6) is 0 Å². The van der Waals surface area contributed by atoms with Gasteiger partial charge in [-0.2, -0.15) is 0 Å². The van der Waals surface area contributed by atoms with E-state index >= 15 is 0 Å². The molecule has 7 nitrogen and oxygen atoms in total. The zero-order valence-electron chi connectivity index (χ0n) is 27.0. The van der Waals surface area contributed by atoms with Gasteiger partial charge >= 0.3 is 5.97 Å². The van der Waals surface area contributed by atoms with Crippen molar-refractivity contribution in [2.75, 3.05) is 5.32 Å². The molecule has 0 spiro atoms. The maximum absolute atomic E-state index is 13.0. The third-order valence-corrected chi connectivity index (χ3v) is 13.0. The second-order valence-electron chi connectivity index (χ2n) is 15.2. The smallest absolute Gasteiger partial charge is 0.335 e. The van der Waals surface area contributed by atoms with Gasteiger partial charge in [-0.15, -0.1) is 0 Å². The molecule has 1 amide bonds. The van der Waals surface area contributed by atoms with Crippen molar-refractivity contribution in [3.63, 3.8) is 0 Å². The highest BCUT2D eigenvalue weighted by Crippen LogP contribution is 2.68. The average Bonchev–Trinajstić information content (AvgIpc) is 3.39. The Labute approximate surface area is 267 Å². The number of carbonyl (C=O) groups is 2. The minimum atomic E-state index is -0.956. The predicted octanol–water partition coefficient (Wildman–Crippen LogP) is 7.48. The van der Waals surface area contributed by atoms with Gasteiger partial charge in [0.2, 0.25) is 5.91 Å². The third-order valence-electron chi connectivity index (χ3n) is 13.0. The van der Waals surface area contributed by atoms with Gasteiger partial charge in [0.1, 0.15) is 0 Å². The van der Waals surface area contributed by atoms with Crippen molar-refractivity contribution in [2.24, 2.45) is 51.3 Å². The minimum absolute atomic E-state index is 0.00584. The van der Waals surface area contributed by atoms with E-state index in [9.17, 15) is 19.8 Å². The van der Waals surface area contributed by atoms with Gasteiger partial charge in [0.05, 0.1) is 23.5 Å². The number of nitrogens with one attached hydrogen (secondary N) is 1. The van der Waals surface area contributed by atoms with Crippen molar-refractivity contribution < 1.29 is 24.9 Å². The van der Waals surface area contributed by atoms with E-state index in [0.29, 0.717) is 41.9 Å². The summed E-state index contributed by atoms with van der Waals surface area (Å²) < 4.78 is 0. The summed E-state index contributed by atoms with van der Waals surface area (Å²) in [6.07, 6.45) is 11.1. The predicted molar refractivity (Wildman–Crippen MR) is 177 cm³/mol. The molecule has 4 saturated carbocycles. The summed E-state index contributed by atoms with van der Waals surface area (Å²) in [5.74, 6) is 2.18. The Balaban J connectivity index is 1.02. The van der Waals surface area contributed by atoms with Crippen LogP contribution in [0.2, 0.25) is 0 Å². The Hall–Kier alpha value is -3.03.